The Labute approximate surface area is 164 Å². The number of ether oxygens (including phenoxy) is 2. The van der Waals surface area contributed by atoms with Gasteiger partial charge in [0.05, 0.1) is 0 Å². The second-order valence-corrected chi connectivity index (χ2v) is 6.86. The van der Waals surface area contributed by atoms with Gasteiger partial charge in [0.15, 0.2) is 11.5 Å². The van der Waals surface area contributed by atoms with Crippen LogP contribution in [0.5, 0.6) is 11.5 Å². The second-order valence-electron chi connectivity index (χ2n) is 6.86. The minimum atomic E-state index is -1.06. The molecule has 0 spiro atoms. The Hall–Kier alpha value is -3.63. The Balaban J connectivity index is 1.34. The van der Waals surface area contributed by atoms with Crippen molar-refractivity contribution in [1.82, 2.24) is 15.1 Å². The molecule has 0 bridgehead atoms. The number of rotatable bonds is 4. The summed E-state index contributed by atoms with van der Waals surface area (Å²) in [6.07, 6.45) is 3.03. The molecule has 1 aromatic rings. The Kier molecular flexibility index (Phi) is 4.79. The normalized spacial score (nSPS) is 18.6. The number of hydrogen-bond donors (Lipinski definition) is 2. The maximum atomic E-state index is 12.4. The maximum Gasteiger partial charge on any atom is 0.334 e. The number of hydrogen-bond acceptors (Lipinski definition) is 7. The Bertz CT molecular complexity index is 909. The third-order valence-electron chi connectivity index (χ3n) is 4.96. The highest BCUT2D eigenvalue weighted by atomic mass is 16.7. The van der Waals surface area contributed by atoms with Crippen LogP contribution in [0.1, 0.15) is 25.7 Å². The number of nitrogens with zero attached hydrogens (tertiary/aromatic N) is 2. The van der Waals surface area contributed by atoms with Crippen molar-refractivity contribution in [2.24, 2.45) is 0 Å². The molecule has 0 unspecified atom stereocenters. The van der Waals surface area contributed by atoms with E-state index in [0.717, 1.165) is 17.7 Å². The van der Waals surface area contributed by atoms with E-state index in [4.69, 9.17) is 9.47 Å². The lowest BCUT2D eigenvalue weighted by molar-refractivity contribution is -0.144. The molecule has 1 saturated carbocycles. The first-order valence-corrected chi connectivity index (χ1v) is 9.13. The fraction of sp³-hybridized carbons (Fsp3) is 0.389. The average molecular weight is 402 g/mol. The quantitative estimate of drug-likeness (QED) is 0.562. The van der Waals surface area contributed by atoms with Crippen LogP contribution in [0.25, 0.3) is 0 Å². The number of imide groups is 3. The van der Waals surface area contributed by atoms with Crippen molar-refractivity contribution in [3.05, 3.63) is 18.2 Å². The van der Waals surface area contributed by atoms with Crippen LogP contribution < -0.4 is 20.1 Å². The van der Waals surface area contributed by atoms with Crippen molar-refractivity contribution in [3.63, 3.8) is 0 Å². The standard InChI is InChI=1S/C18H18N4O7/c23-14(20-17(26)19-10-5-6-12-13(7-10)29-9-28-12)8-21-15(24)16(25)22(18(21)27)11-3-1-2-4-11/h5-7,11H,1-4,8-9H2,(H2,19,20,23,26). The van der Waals surface area contributed by atoms with Crippen molar-refractivity contribution in [1.29, 1.82) is 0 Å². The van der Waals surface area contributed by atoms with E-state index < -0.39 is 36.3 Å². The number of nitrogens with one attached hydrogen (secondary N) is 2. The molecular formula is C18H18N4O7. The molecule has 2 N–H and O–H groups in total. The number of anilines is 1. The fourth-order valence-electron chi connectivity index (χ4n) is 3.59. The van der Waals surface area contributed by atoms with Gasteiger partial charge < -0.3 is 14.8 Å². The molecular weight excluding hydrogens is 384 g/mol. The summed E-state index contributed by atoms with van der Waals surface area (Å²) in [5, 5.41) is 4.47. The molecule has 152 valence electrons. The van der Waals surface area contributed by atoms with Gasteiger partial charge in [-0.2, -0.15) is 0 Å². The number of carbonyl (C=O) groups is 5. The predicted octanol–water partition coefficient (Wildman–Crippen LogP) is 0.797. The van der Waals surface area contributed by atoms with Gasteiger partial charge in [0.25, 0.3) is 0 Å². The first kappa shape index (κ1) is 18.7. The summed E-state index contributed by atoms with van der Waals surface area (Å²) < 4.78 is 10.4. The van der Waals surface area contributed by atoms with Crippen LogP contribution >= 0.6 is 0 Å². The molecule has 1 saturated heterocycles. The SMILES string of the molecule is O=C(CN1C(=O)C(=O)N(C2CCCC2)C1=O)NC(=O)Nc1ccc2c(c1)OCO2. The van der Waals surface area contributed by atoms with E-state index in [9.17, 15) is 24.0 Å². The number of fused-ring (bicyclic) bond motifs is 1. The van der Waals surface area contributed by atoms with Crippen molar-refractivity contribution in [3.8, 4) is 11.5 Å². The first-order chi connectivity index (χ1) is 13.9. The van der Waals surface area contributed by atoms with Crippen LogP contribution in [0.15, 0.2) is 18.2 Å². The number of amides is 7. The molecule has 3 aliphatic rings. The van der Waals surface area contributed by atoms with Gasteiger partial charge in [0, 0.05) is 17.8 Å². The van der Waals surface area contributed by atoms with Crippen molar-refractivity contribution in [2.75, 3.05) is 18.7 Å². The second kappa shape index (κ2) is 7.41. The zero-order chi connectivity index (χ0) is 20.5. The summed E-state index contributed by atoms with van der Waals surface area (Å²) >= 11 is 0. The van der Waals surface area contributed by atoms with E-state index in [-0.39, 0.29) is 12.8 Å². The summed E-state index contributed by atoms with van der Waals surface area (Å²) in [6.45, 7) is -0.640. The Morgan fingerprint density at radius 1 is 1.03 bits per heavy atom. The van der Waals surface area contributed by atoms with Gasteiger partial charge in [0.1, 0.15) is 6.54 Å². The summed E-state index contributed by atoms with van der Waals surface area (Å²) in [7, 11) is 0. The van der Waals surface area contributed by atoms with Crippen LogP contribution in [0.2, 0.25) is 0 Å². The van der Waals surface area contributed by atoms with Gasteiger partial charge in [0.2, 0.25) is 12.7 Å². The van der Waals surface area contributed by atoms with Gasteiger partial charge in [-0.25, -0.2) is 14.5 Å². The molecule has 7 amide bonds. The molecule has 0 radical (unpaired) electrons. The van der Waals surface area contributed by atoms with Crippen LogP contribution in [0.3, 0.4) is 0 Å². The van der Waals surface area contributed by atoms with E-state index in [1.54, 1.807) is 12.1 Å². The molecule has 1 aromatic carbocycles. The third-order valence-corrected chi connectivity index (χ3v) is 4.96. The molecule has 11 nitrogen and oxygen atoms in total. The first-order valence-electron chi connectivity index (χ1n) is 9.13. The molecule has 0 aromatic heterocycles. The van der Waals surface area contributed by atoms with E-state index in [0.29, 0.717) is 34.9 Å². The minimum Gasteiger partial charge on any atom is -0.454 e. The van der Waals surface area contributed by atoms with E-state index in [1.807, 2.05) is 5.32 Å². The topological polar surface area (TPSA) is 134 Å². The van der Waals surface area contributed by atoms with Crippen LogP contribution in [-0.4, -0.2) is 59.0 Å². The van der Waals surface area contributed by atoms with E-state index in [1.165, 1.54) is 6.07 Å². The lowest BCUT2D eigenvalue weighted by Crippen LogP contribution is -2.45. The zero-order valence-electron chi connectivity index (χ0n) is 15.3. The summed E-state index contributed by atoms with van der Waals surface area (Å²) in [5.41, 5.74) is 0.357. The van der Waals surface area contributed by atoms with Gasteiger partial charge in [-0.3, -0.25) is 24.6 Å². The molecule has 0 atom stereocenters. The van der Waals surface area contributed by atoms with Gasteiger partial charge >= 0.3 is 23.9 Å². The summed E-state index contributed by atoms with van der Waals surface area (Å²) in [6, 6.07) is 2.69. The molecule has 2 fully saturated rings. The van der Waals surface area contributed by atoms with Crippen LogP contribution in [0.4, 0.5) is 15.3 Å². The largest absolute Gasteiger partial charge is 0.454 e. The number of carbonyl (C=O) groups excluding carboxylic acids is 5. The molecule has 2 aliphatic heterocycles. The minimum absolute atomic E-state index is 0.0813. The lowest BCUT2D eigenvalue weighted by atomic mass is 10.2. The highest BCUT2D eigenvalue weighted by molar-refractivity contribution is 6.45. The molecule has 29 heavy (non-hydrogen) atoms. The monoisotopic (exact) mass is 402 g/mol. The highest BCUT2D eigenvalue weighted by Crippen LogP contribution is 2.34. The summed E-state index contributed by atoms with van der Waals surface area (Å²) in [5.74, 6) is -1.90. The molecule has 4 rings (SSSR count). The molecule has 2 heterocycles. The van der Waals surface area contributed by atoms with Crippen molar-refractivity contribution in [2.45, 2.75) is 31.7 Å². The average Bonchev–Trinajstić information content (AvgIpc) is 3.40. The van der Waals surface area contributed by atoms with Crippen LogP contribution in [0, 0.1) is 0 Å². The van der Waals surface area contributed by atoms with Crippen molar-refractivity contribution >= 4 is 35.5 Å². The number of benzene rings is 1. The van der Waals surface area contributed by atoms with Gasteiger partial charge in [-0.05, 0) is 25.0 Å². The molecule has 1 aliphatic carbocycles. The van der Waals surface area contributed by atoms with Crippen LogP contribution in [-0.2, 0) is 14.4 Å². The highest BCUT2D eigenvalue weighted by Gasteiger charge is 2.48. The van der Waals surface area contributed by atoms with E-state index in [2.05, 4.69) is 5.32 Å². The van der Waals surface area contributed by atoms with Crippen molar-refractivity contribution < 1.29 is 33.4 Å². The smallest absolute Gasteiger partial charge is 0.334 e. The lowest BCUT2D eigenvalue weighted by Gasteiger charge is -2.20. The van der Waals surface area contributed by atoms with Gasteiger partial charge in [-0.1, -0.05) is 12.8 Å². The Morgan fingerprint density at radius 3 is 2.52 bits per heavy atom. The zero-order valence-corrected chi connectivity index (χ0v) is 15.3. The predicted molar refractivity (Wildman–Crippen MR) is 95.9 cm³/mol. The number of urea groups is 2. The molecule has 11 heteroatoms. The van der Waals surface area contributed by atoms with E-state index >= 15 is 0 Å². The fourth-order valence-corrected chi connectivity index (χ4v) is 3.59. The Morgan fingerprint density at radius 2 is 1.76 bits per heavy atom. The summed E-state index contributed by atoms with van der Waals surface area (Å²) in [4.78, 5) is 62.3. The maximum absolute atomic E-state index is 12.4. The third kappa shape index (κ3) is 3.58. The van der Waals surface area contributed by atoms with Gasteiger partial charge in [-0.15, -0.1) is 0 Å².